The van der Waals surface area contributed by atoms with Gasteiger partial charge in [-0.25, -0.2) is 8.42 Å². The highest BCUT2D eigenvalue weighted by atomic mass is 32.2. The molecule has 76 valence electrons. The summed E-state index contributed by atoms with van der Waals surface area (Å²) in [5, 5.41) is 0. The van der Waals surface area contributed by atoms with Crippen molar-refractivity contribution in [2.75, 3.05) is 18.1 Å². The van der Waals surface area contributed by atoms with Crippen molar-refractivity contribution in [2.45, 2.75) is 20.3 Å². The second-order valence-electron chi connectivity index (χ2n) is 3.67. The van der Waals surface area contributed by atoms with Crippen LogP contribution in [0.15, 0.2) is 12.3 Å². The molecular formula is C9H16O3S. The van der Waals surface area contributed by atoms with E-state index in [0.717, 1.165) is 6.42 Å². The summed E-state index contributed by atoms with van der Waals surface area (Å²) in [6.07, 6.45) is 4.28. The Kier molecular flexibility index (Phi) is 3.01. The first-order valence-corrected chi connectivity index (χ1v) is 6.29. The molecule has 0 aromatic rings. The van der Waals surface area contributed by atoms with Crippen molar-refractivity contribution in [2.24, 2.45) is 5.41 Å². The van der Waals surface area contributed by atoms with Gasteiger partial charge in [0.05, 0.1) is 24.4 Å². The van der Waals surface area contributed by atoms with Gasteiger partial charge in [0.25, 0.3) is 0 Å². The molecule has 1 aliphatic heterocycles. The van der Waals surface area contributed by atoms with Gasteiger partial charge in [-0.15, -0.1) is 0 Å². The fourth-order valence-corrected chi connectivity index (χ4v) is 3.96. The van der Waals surface area contributed by atoms with Crippen molar-refractivity contribution in [1.82, 2.24) is 0 Å². The molecule has 0 bridgehead atoms. The van der Waals surface area contributed by atoms with Crippen LogP contribution < -0.4 is 0 Å². The lowest BCUT2D eigenvalue weighted by atomic mass is 9.90. The minimum Gasteiger partial charge on any atom is -0.501 e. The van der Waals surface area contributed by atoms with Gasteiger partial charge in [-0.1, -0.05) is 13.0 Å². The SMILES string of the molecule is C/C=C/OCC1(CC)CS(=O)(=O)C1. The van der Waals surface area contributed by atoms with Crippen LogP contribution in [0, 0.1) is 5.41 Å². The minimum absolute atomic E-state index is 0.113. The Labute approximate surface area is 79.7 Å². The van der Waals surface area contributed by atoms with Gasteiger partial charge in [0.1, 0.15) is 0 Å². The molecule has 1 aliphatic rings. The molecule has 1 rings (SSSR count). The van der Waals surface area contributed by atoms with Crippen molar-refractivity contribution in [3.63, 3.8) is 0 Å². The normalized spacial score (nSPS) is 24.2. The van der Waals surface area contributed by atoms with E-state index < -0.39 is 9.84 Å². The topological polar surface area (TPSA) is 43.4 Å². The predicted molar refractivity (Wildman–Crippen MR) is 52.1 cm³/mol. The molecule has 0 spiro atoms. The molecule has 3 nitrogen and oxygen atoms in total. The molecule has 0 saturated carbocycles. The van der Waals surface area contributed by atoms with E-state index in [-0.39, 0.29) is 16.9 Å². The summed E-state index contributed by atoms with van der Waals surface area (Å²) in [6, 6.07) is 0. The summed E-state index contributed by atoms with van der Waals surface area (Å²) in [4.78, 5) is 0. The quantitative estimate of drug-likeness (QED) is 0.649. The molecule has 0 aliphatic carbocycles. The summed E-state index contributed by atoms with van der Waals surface area (Å²) in [5.74, 6) is 0.572. The number of hydrogen-bond donors (Lipinski definition) is 0. The van der Waals surface area contributed by atoms with Crippen molar-refractivity contribution in [3.05, 3.63) is 12.3 Å². The van der Waals surface area contributed by atoms with Crippen LogP contribution in [0.1, 0.15) is 20.3 Å². The van der Waals surface area contributed by atoms with Crippen LogP contribution in [-0.4, -0.2) is 26.5 Å². The Bertz CT molecular complexity index is 278. The molecule has 1 fully saturated rings. The van der Waals surface area contributed by atoms with Gasteiger partial charge in [-0.05, 0) is 13.3 Å². The fraction of sp³-hybridized carbons (Fsp3) is 0.778. The third kappa shape index (κ3) is 2.46. The summed E-state index contributed by atoms with van der Waals surface area (Å²) >= 11 is 0. The van der Waals surface area contributed by atoms with Gasteiger partial charge in [0, 0.05) is 5.41 Å². The Morgan fingerprint density at radius 3 is 2.46 bits per heavy atom. The van der Waals surface area contributed by atoms with Crippen LogP contribution in [0.5, 0.6) is 0 Å². The second-order valence-corrected chi connectivity index (χ2v) is 5.73. The van der Waals surface area contributed by atoms with E-state index in [2.05, 4.69) is 0 Å². The number of ether oxygens (including phenoxy) is 1. The number of rotatable bonds is 4. The highest BCUT2D eigenvalue weighted by Crippen LogP contribution is 2.36. The second kappa shape index (κ2) is 3.70. The Morgan fingerprint density at radius 2 is 2.08 bits per heavy atom. The fourth-order valence-electron chi connectivity index (χ4n) is 1.60. The maximum atomic E-state index is 11.0. The minimum atomic E-state index is -2.74. The lowest BCUT2D eigenvalue weighted by Gasteiger charge is -2.39. The van der Waals surface area contributed by atoms with Crippen LogP contribution in [0.25, 0.3) is 0 Å². The van der Waals surface area contributed by atoms with Crippen LogP contribution in [-0.2, 0) is 14.6 Å². The summed E-state index contributed by atoms with van der Waals surface area (Å²) in [7, 11) is -2.74. The average Bonchev–Trinajstić information content (AvgIpc) is 2.01. The third-order valence-corrected chi connectivity index (χ3v) is 4.53. The van der Waals surface area contributed by atoms with Crippen molar-refractivity contribution in [3.8, 4) is 0 Å². The largest absolute Gasteiger partial charge is 0.501 e. The van der Waals surface area contributed by atoms with E-state index in [1.807, 2.05) is 13.8 Å². The van der Waals surface area contributed by atoms with Crippen LogP contribution in [0.3, 0.4) is 0 Å². The van der Waals surface area contributed by atoms with Crippen molar-refractivity contribution >= 4 is 9.84 Å². The highest BCUT2D eigenvalue weighted by Gasteiger charge is 2.47. The number of sulfone groups is 1. The standard InChI is InChI=1S/C9H16O3S/c1-3-5-12-6-9(4-2)7-13(10,11)8-9/h3,5H,4,6-8H2,1-2H3/b5-3+. The van der Waals surface area contributed by atoms with Gasteiger partial charge in [0.15, 0.2) is 9.84 Å². The first-order chi connectivity index (χ1) is 6.04. The Morgan fingerprint density at radius 1 is 1.46 bits per heavy atom. The average molecular weight is 204 g/mol. The van der Waals surface area contributed by atoms with Gasteiger partial charge in [-0.2, -0.15) is 0 Å². The van der Waals surface area contributed by atoms with Gasteiger partial charge in [-0.3, -0.25) is 0 Å². The van der Waals surface area contributed by atoms with Crippen LogP contribution in [0.2, 0.25) is 0 Å². The monoisotopic (exact) mass is 204 g/mol. The smallest absolute Gasteiger partial charge is 0.151 e. The maximum Gasteiger partial charge on any atom is 0.151 e. The summed E-state index contributed by atoms with van der Waals surface area (Å²) in [5.41, 5.74) is -0.113. The van der Waals surface area contributed by atoms with Crippen molar-refractivity contribution < 1.29 is 13.2 Å². The van der Waals surface area contributed by atoms with E-state index in [1.165, 1.54) is 0 Å². The molecule has 0 unspecified atom stereocenters. The molecule has 0 atom stereocenters. The van der Waals surface area contributed by atoms with Gasteiger partial charge in [0.2, 0.25) is 0 Å². The molecule has 0 N–H and O–H groups in total. The van der Waals surface area contributed by atoms with Crippen LogP contribution >= 0.6 is 0 Å². The maximum absolute atomic E-state index is 11.0. The highest BCUT2D eigenvalue weighted by molar-refractivity contribution is 7.92. The summed E-state index contributed by atoms with van der Waals surface area (Å²) < 4.78 is 27.3. The molecule has 0 aromatic carbocycles. The lowest BCUT2D eigenvalue weighted by Crippen LogP contribution is -2.50. The van der Waals surface area contributed by atoms with Crippen molar-refractivity contribution in [1.29, 1.82) is 0 Å². The van der Waals surface area contributed by atoms with E-state index in [0.29, 0.717) is 6.61 Å². The molecule has 0 amide bonds. The van der Waals surface area contributed by atoms with E-state index in [1.54, 1.807) is 12.3 Å². The third-order valence-electron chi connectivity index (χ3n) is 2.42. The summed E-state index contributed by atoms with van der Waals surface area (Å²) in [6.45, 7) is 4.40. The number of hydrogen-bond acceptors (Lipinski definition) is 3. The first-order valence-electron chi connectivity index (χ1n) is 4.47. The van der Waals surface area contributed by atoms with Gasteiger partial charge < -0.3 is 4.74 Å². The molecule has 0 aromatic heterocycles. The zero-order chi connectivity index (χ0) is 9.95. The predicted octanol–water partition coefficient (Wildman–Crippen LogP) is 1.36. The zero-order valence-corrected chi connectivity index (χ0v) is 8.93. The van der Waals surface area contributed by atoms with E-state index in [4.69, 9.17) is 4.74 Å². The van der Waals surface area contributed by atoms with Gasteiger partial charge >= 0.3 is 0 Å². The van der Waals surface area contributed by atoms with Crippen LogP contribution in [0.4, 0.5) is 0 Å². The molecule has 4 heteroatoms. The molecule has 1 saturated heterocycles. The lowest BCUT2D eigenvalue weighted by molar-refractivity contribution is 0.126. The Balaban J connectivity index is 2.46. The number of allylic oxidation sites excluding steroid dienone is 1. The Hall–Kier alpha value is -0.510. The van der Waals surface area contributed by atoms with E-state index >= 15 is 0 Å². The zero-order valence-electron chi connectivity index (χ0n) is 8.12. The molecule has 0 radical (unpaired) electrons. The molecule has 1 heterocycles. The van der Waals surface area contributed by atoms with E-state index in [9.17, 15) is 8.42 Å². The molecular weight excluding hydrogens is 188 g/mol. The first kappa shape index (κ1) is 10.6. The molecule has 13 heavy (non-hydrogen) atoms.